The Labute approximate surface area is 108 Å². The molecule has 1 aromatic carbocycles. The number of carbonyl (C=O) groups excluding carboxylic acids is 1. The van der Waals surface area contributed by atoms with E-state index in [9.17, 15) is 4.79 Å². The van der Waals surface area contributed by atoms with E-state index in [1.54, 1.807) is 0 Å². The van der Waals surface area contributed by atoms with Crippen molar-refractivity contribution in [1.82, 2.24) is 9.88 Å². The second-order valence-electron chi connectivity index (χ2n) is 4.99. The van der Waals surface area contributed by atoms with Crippen LogP contribution >= 0.6 is 0 Å². The number of rotatable bonds is 4. The van der Waals surface area contributed by atoms with Crippen LogP contribution in [0.25, 0.3) is 10.9 Å². The Morgan fingerprint density at radius 2 is 2.11 bits per heavy atom. The molecule has 1 amide bonds. The van der Waals surface area contributed by atoms with Crippen LogP contribution in [0.5, 0.6) is 0 Å². The van der Waals surface area contributed by atoms with Crippen molar-refractivity contribution in [2.75, 3.05) is 0 Å². The molecule has 0 unspecified atom stereocenters. The lowest BCUT2D eigenvalue weighted by atomic mass is 10.1. The third-order valence-electron chi connectivity index (χ3n) is 3.06. The number of hydrogen-bond donors (Lipinski definition) is 1. The standard InChI is InChI=1S/C15H20N2O/c1-11(2)16-15(18)8-10-17-9-7-13-12(3)5-4-6-14(13)17/h4-7,9,11H,8,10H2,1-3H3,(H,16,18). The van der Waals surface area contributed by atoms with E-state index >= 15 is 0 Å². The zero-order valence-corrected chi connectivity index (χ0v) is 11.2. The topological polar surface area (TPSA) is 34.0 Å². The fourth-order valence-electron chi connectivity index (χ4n) is 2.19. The lowest BCUT2D eigenvalue weighted by Gasteiger charge is -2.09. The van der Waals surface area contributed by atoms with Crippen molar-refractivity contribution in [2.45, 2.75) is 39.8 Å². The van der Waals surface area contributed by atoms with Crippen molar-refractivity contribution < 1.29 is 4.79 Å². The molecule has 0 saturated carbocycles. The molecule has 0 aliphatic carbocycles. The van der Waals surface area contributed by atoms with E-state index in [1.165, 1.54) is 16.5 Å². The van der Waals surface area contributed by atoms with Gasteiger partial charge in [-0.15, -0.1) is 0 Å². The smallest absolute Gasteiger partial charge is 0.221 e. The molecule has 0 aliphatic rings. The maximum Gasteiger partial charge on any atom is 0.221 e. The minimum atomic E-state index is 0.111. The number of carbonyl (C=O) groups is 1. The molecule has 1 heterocycles. The van der Waals surface area contributed by atoms with Crippen LogP contribution in [-0.2, 0) is 11.3 Å². The Balaban J connectivity index is 2.09. The molecule has 0 saturated heterocycles. The molecule has 1 N–H and O–H groups in total. The molecule has 1 aromatic heterocycles. The van der Waals surface area contributed by atoms with Crippen LogP contribution in [0.4, 0.5) is 0 Å². The normalized spacial score (nSPS) is 11.1. The fourth-order valence-corrected chi connectivity index (χ4v) is 2.19. The fraction of sp³-hybridized carbons (Fsp3) is 0.400. The highest BCUT2D eigenvalue weighted by Gasteiger charge is 2.06. The van der Waals surface area contributed by atoms with Crippen LogP contribution in [0.3, 0.4) is 0 Å². The highest BCUT2D eigenvalue weighted by Crippen LogP contribution is 2.19. The van der Waals surface area contributed by atoms with Crippen molar-refractivity contribution >= 4 is 16.8 Å². The summed E-state index contributed by atoms with van der Waals surface area (Å²) < 4.78 is 2.14. The van der Waals surface area contributed by atoms with Crippen molar-refractivity contribution in [2.24, 2.45) is 0 Å². The second kappa shape index (κ2) is 5.25. The second-order valence-corrected chi connectivity index (χ2v) is 4.99. The number of benzene rings is 1. The van der Waals surface area contributed by atoms with E-state index in [4.69, 9.17) is 0 Å². The molecule has 0 atom stereocenters. The first kappa shape index (κ1) is 12.7. The lowest BCUT2D eigenvalue weighted by Crippen LogP contribution is -2.30. The van der Waals surface area contributed by atoms with E-state index < -0.39 is 0 Å². The largest absolute Gasteiger partial charge is 0.354 e. The summed E-state index contributed by atoms with van der Waals surface area (Å²) in [6.07, 6.45) is 2.58. The Morgan fingerprint density at radius 3 is 2.83 bits per heavy atom. The summed E-state index contributed by atoms with van der Waals surface area (Å²) in [4.78, 5) is 11.6. The molecule has 0 aliphatic heterocycles. The van der Waals surface area contributed by atoms with Gasteiger partial charge in [-0.25, -0.2) is 0 Å². The molecule has 0 spiro atoms. The summed E-state index contributed by atoms with van der Waals surface area (Å²) in [5.41, 5.74) is 2.48. The molecule has 96 valence electrons. The van der Waals surface area contributed by atoms with Gasteiger partial charge >= 0.3 is 0 Å². The van der Waals surface area contributed by atoms with Crippen molar-refractivity contribution in [3.05, 3.63) is 36.0 Å². The molecular weight excluding hydrogens is 224 g/mol. The van der Waals surface area contributed by atoms with Crippen molar-refractivity contribution in [1.29, 1.82) is 0 Å². The first-order valence-corrected chi connectivity index (χ1v) is 6.42. The first-order valence-electron chi connectivity index (χ1n) is 6.42. The van der Waals surface area contributed by atoms with E-state index in [0.29, 0.717) is 6.42 Å². The predicted octanol–water partition coefficient (Wildman–Crippen LogP) is 2.86. The summed E-state index contributed by atoms with van der Waals surface area (Å²) in [5, 5.41) is 4.18. The minimum Gasteiger partial charge on any atom is -0.354 e. The Hall–Kier alpha value is -1.77. The minimum absolute atomic E-state index is 0.111. The molecule has 18 heavy (non-hydrogen) atoms. The summed E-state index contributed by atoms with van der Waals surface area (Å²) >= 11 is 0. The number of aryl methyl sites for hydroxylation is 2. The molecule has 0 radical (unpaired) electrons. The van der Waals surface area contributed by atoms with Gasteiger partial charge in [-0.1, -0.05) is 12.1 Å². The van der Waals surface area contributed by atoms with Gasteiger partial charge in [0.25, 0.3) is 0 Å². The van der Waals surface area contributed by atoms with Gasteiger partial charge < -0.3 is 9.88 Å². The van der Waals surface area contributed by atoms with Gasteiger partial charge in [-0.05, 0) is 38.5 Å². The average molecular weight is 244 g/mol. The molecule has 3 nitrogen and oxygen atoms in total. The Bertz CT molecular complexity index is 555. The van der Waals surface area contributed by atoms with Gasteiger partial charge in [0.15, 0.2) is 0 Å². The molecule has 0 fully saturated rings. The van der Waals surface area contributed by atoms with Gasteiger partial charge in [0.05, 0.1) is 0 Å². The highest BCUT2D eigenvalue weighted by molar-refractivity contribution is 5.83. The van der Waals surface area contributed by atoms with E-state index in [-0.39, 0.29) is 11.9 Å². The van der Waals surface area contributed by atoms with E-state index in [1.807, 2.05) is 13.8 Å². The molecule has 2 aromatic rings. The zero-order chi connectivity index (χ0) is 13.1. The Morgan fingerprint density at radius 1 is 1.33 bits per heavy atom. The Kier molecular flexibility index (Phi) is 3.70. The van der Waals surface area contributed by atoms with Gasteiger partial charge in [0, 0.05) is 36.1 Å². The average Bonchev–Trinajstić information content (AvgIpc) is 2.70. The molecule has 3 heteroatoms. The maximum atomic E-state index is 11.6. The summed E-state index contributed by atoms with van der Waals surface area (Å²) in [5.74, 6) is 0.111. The monoisotopic (exact) mass is 244 g/mol. The number of hydrogen-bond acceptors (Lipinski definition) is 1. The predicted molar refractivity (Wildman–Crippen MR) is 74.6 cm³/mol. The molecular formula is C15H20N2O. The number of amides is 1. The molecule has 0 bridgehead atoms. The number of aromatic nitrogens is 1. The quantitative estimate of drug-likeness (QED) is 0.881. The first-order chi connectivity index (χ1) is 8.58. The zero-order valence-electron chi connectivity index (χ0n) is 11.2. The third-order valence-corrected chi connectivity index (χ3v) is 3.06. The number of nitrogens with zero attached hydrogens (tertiary/aromatic N) is 1. The van der Waals surface area contributed by atoms with Crippen LogP contribution in [-0.4, -0.2) is 16.5 Å². The number of fused-ring (bicyclic) bond motifs is 1. The van der Waals surface area contributed by atoms with Crippen LogP contribution < -0.4 is 5.32 Å². The lowest BCUT2D eigenvalue weighted by molar-refractivity contribution is -0.121. The maximum absolute atomic E-state index is 11.6. The van der Waals surface area contributed by atoms with Crippen LogP contribution in [0.1, 0.15) is 25.8 Å². The highest BCUT2D eigenvalue weighted by atomic mass is 16.1. The van der Waals surface area contributed by atoms with Crippen LogP contribution in [0.2, 0.25) is 0 Å². The summed E-state index contributed by atoms with van der Waals surface area (Å²) in [6.45, 7) is 6.79. The third kappa shape index (κ3) is 2.73. The van der Waals surface area contributed by atoms with Gasteiger partial charge in [-0.3, -0.25) is 4.79 Å². The van der Waals surface area contributed by atoms with E-state index in [2.05, 4.69) is 47.3 Å². The SMILES string of the molecule is Cc1cccc2c1ccn2CCC(=O)NC(C)C. The van der Waals surface area contributed by atoms with Gasteiger partial charge in [0.2, 0.25) is 5.91 Å². The van der Waals surface area contributed by atoms with Crippen molar-refractivity contribution in [3.8, 4) is 0 Å². The van der Waals surface area contributed by atoms with Crippen molar-refractivity contribution in [3.63, 3.8) is 0 Å². The molecule has 2 rings (SSSR count). The number of nitrogens with one attached hydrogen (secondary N) is 1. The van der Waals surface area contributed by atoms with Crippen LogP contribution in [0.15, 0.2) is 30.5 Å². The summed E-state index contributed by atoms with van der Waals surface area (Å²) in [7, 11) is 0. The van der Waals surface area contributed by atoms with E-state index in [0.717, 1.165) is 6.54 Å². The van der Waals surface area contributed by atoms with Crippen LogP contribution in [0, 0.1) is 6.92 Å². The summed E-state index contributed by atoms with van der Waals surface area (Å²) in [6, 6.07) is 8.59. The van der Waals surface area contributed by atoms with Gasteiger partial charge in [-0.2, -0.15) is 0 Å². The van der Waals surface area contributed by atoms with Gasteiger partial charge in [0.1, 0.15) is 0 Å².